The Morgan fingerprint density at radius 3 is 2.85 bits per heavy atom. The van der Waals surface area contributed by atoms with Gasteiger partial charge in [0.2, 0.25) is 17.6 Å². The first-order valence-electron chi connectivity index (χ1n) is 9.65. The number of hydrogen-bond acceptors (Lipinski definition) is 5. The molecule has 4 N–H and O–H groups in total. The van der Waals surface area contributed by atoms with Crippen molar-refractivity contribution in [2.45, 2.75) is 52.0 Å². The number of benzene rings is 1. The van der Waals surface area contributed by atoms with Gasteiger partial charge < -0.3 is 20.3 Å². The molecule has 2 rings (SSSR count). The molecule has 0 aliphatic rings. The van der Waals surface area contributed by atoms with E-state index in [9.17, 15) is 4.79 Å². The van der Waals surface area contributed by atoms with Gasteiger partial charge in [-0.3, -0.25) is 4.79 Å². The van der Waals surface area contributed by atoms with Crippen molar-refractivity contribution < 1.29 is 19.8 Å². The van der Waals surface area contributed by atoms with Crippen LogP contribution in [0.15, 0.2) is 28.8 Å². The summed E-state index contributed by atoms with van der Waals surface area (Å²) < 4.78 is 10.7. The summed E-state index contributed by atoms with van der Waals surface area (Å²) >= 11 is 0. The average Bonchev–Trinajstić information content (AvgIpc) is 3.19. The quantitative estimate of drug-likeness (QED) is 0.588. The van der Waals surface area contributed by atoms with Crippen LogP contribution in [0.4, 0.5) is 0 Å². The predicted octanol–water partition coefficient (Wildman–Crippen LogP) is 2.75. The molecule has 0 saturated carbocycles. The number of carbonyl (C=O) groups is 1. The molecule has 0 aliphatic carbocycles. The van der Waals surface area contributed by atoms with E-state index < -0.39 is 0 Å². The van der Waals surface area contributed by atoms with E-state index in [1.54, 1.807) is 7.11 Å². The second-order valence-electron chi connectivity index (χ2n) is 6.78. The summed E-state index contributed by atoms with van der Waals surface area (Å²) in [6, 6.07) is 7.21. The monoisotopic (exact) mass is 375 g/mol. The third kappa shape index (κ3) is 6.06. The number of carbonyl (C=O) groups excluding carboxylic acids is 1. The number of aromatic nitrogens is 2. The lowest BCUT2D eigenvalue weighted by molar-refractivity contribution is -0.368. The molecule has 148 valence electrons. The van der Waals surface area contributed by atoms with Gasteiger partial charge in [-0.05, 0) is 37.3 Å². The highest BCUT2D eigenvalue weighted by molar-refractivity contribution is 5.76. The molecule has 1 aromatic carbocycles. The Labute approximate surface area is 160 Å². The number of amides is 1. The number of nitrogens with one attached hydrogen (secondary N) is 1. The van der Waals surface area contributed by atoms with E-state index in [2.05, 4.69) is 35.0 Å². The summed E-state index contributed by atoms with van der Waals surface area (Å²) in [6.07, 6.45) is 4.34. The predicted molar refractivity (Wildman–Crippen MR) is 103 cm³/mol. The van der Waals surface area contributed by atoms with E-state index >= 15 is 0 Å². The normalized spacial score (nSPS) is 13.2. The van der Waals surface area contributed by atoms with Crippen molar-refractivity contribution in [3.05, 3.63) is 30.2 Å². The zero-order valence-corrected chi connectivity index (χ0v) is 16.5. The fourth-order valence-corrected chi connectivity index (χ4v) is 2.81. The fraction of sp³-hybridized carbons (Fsp3) is 0.550. The molecule has 7 nitrogen and oxygen atoms in total. The molecule has 1 heterocycles. The Hall–Kier alpha value is -2.41. The summed E-state index contributed by atoms with van der Waals surface area (Å²) in [7, 11) is 1.62. The average molecular weight is 375 g/mol. The first kappa shape index (κ1) is 20.9. The Morgan fingerprint density at radius 1 is 1.33 bits per heavy atom. The maximum atomic E-state index is 12.3. The van der Waals surface area contributed by atoms with Crippen LogP contribution in [-0.4, -0.2) is 29.7 Å². The molecular formula is C20H31N4O3+. The van der Waals surface area contributed by atoms with Gasteiger partial charge in [-0.15, -0.1) is 0 Å². The van der Waals surface area contributed by atoms with Crippen molar-refractivity contribution in [2.24, 2.45) is 5.92 Å². The number of methoxy groups -OCH3 is 1. The van der Waals surface area contributed by atoms with Gasteiger partial charge in [0.05, 0.1) is 13.7 Å². The van der Waals surface area contributed by atoms with Crippen LogP contribution < -0.4 is 15.8 Å². The number of ether oxygens (including phenoxy) is 1. The molecular weight excluding hydrogens is 344 g/mol. The van der Waals surface area contributed by atoms with Gasteiger partial charge in [0.25, 0.3) is 0 Å². The first-order valence-corrected chi connectivity index (χ1v) is 9.65. The fourth-order valence-electron chi connectivity index (χ4n) is 2.81. The van der Waals surface area contributed by atoms with Crippen LogP contribution in [0.5, 0.6) is 5.75 Å². The molecule has 0 bridgehead atoms. The van der Waals surface area contributed by atoms with Crippen LogP contribution in [0.3, 0.4) is 0 Å². The summed E-state index contributed by atoms with van der Waals surface area (Å²) in [6.45, 7) is 5.06. The molecule has 0 aliphatic heterocycles. The maximum Gasteiger partial charge on any atom is 0.249 e. The molecule has 0 unspecified atom stereocenters. The van der Waals surface area contributed by atoms with Crippen molar-refractivity contribution in [3.8, 4) is 17.1 Å². The highest BCUT2D eigenvalue weighted by Crippen LogP contribution is 2.27. The van der Waals surface area contributed by atoms with Crippen molar-refractivity contribution in [3.63, 3.8) is 0 Å². The molecule has 27 heavy (non-hydrogen) atoms. The van der Waals surface area contributed by atoms with E-state index in [4.69, 9.17) is 9.26 Å². The van der Waals surface area contributed by atoms with Crippen LogP contribution in [-0.2, 0) is 4.79 Å². The minimum absolute atomic E-state index is 0.0190. The molecule has 0 spiro atoms. The van der Waals surface area contributed by atoms with Crippen molar-refractivity contribution in [1.29, 1.82) is 0 Å². The van der Waals surface area contributed by atoms with Gasteiger partial charge in [0, 0.05) is 12.0 Å². The second-order valence-corrected chi connectivity index (χ2v) is 6.78. The standard InChI is InChI=1S/C20H30N4O3/c1-4-14(2)18(22-17(25)11-6-5-7-12-21)20-23-19(24-27-20)15-9-8-10-16(13-15)26-3/h8-10,13-14,18H,4-7,11-12,21H2,1-3H3,(H,22,25)/p+1/t14-,18-/m1/s1. The highest BCUT2D eigenvalue weighted by Gasteiger charge is 2.26. The summed E-state index contributed by atoms with van der Waals surface area (Å²) in [5.74, 6) is 1.86. The van der Waals surface area contributed by atoms with E-state index in [1.807, 2.05) is 24.3 Å². The number of unbranched alkanes of at least 4 members (excludes halogenated alkanes) is 2. The highest BCUT2D eigenvalue weighted by atomic mass is 16.5. The molecule has 1 amide bonds. The van der Waals surface area contributed by atoms with E-state index in [1.165, 1.54) is 0 Å². The third-order valence-electron chi connectivity index (χ3n) is 4.72. The Balaban J connectivity index is 2.10. The van der Waals surface area contributed by atoms with Crippen molar-refractivity contribution in [1.82, 2.24) is 15.5 Å². The largest absolute Gasteiger partial charge is 0.497 e. The Morgan fingerprint density at radius 2 is 2.15 bits per heavy atom. The molecule has 2 aromatic rings. The van der Waals surface area contributed by atoms with Gasteiger partial charge in [0.1, 0.15) is 11.8 Å². The van der Waals surface area contributed by atoms with E-state index in [0.717, 1.165) is 43.5 Å². The maximum absolute atomic E-state index is 12.3. The van der Waals surface area contributed by atoms with Gasteiger partial charge in [-0.2, -0.15) is 4.98 Å². The molecule has 0 radical (unpaired) electrons. The number of nitrogens with zero attached hydrogens (tertiary/aromatic N) is 2. The lowest BCUT2D eigenvalue weighted by atomic mass is 9.98. The zero-order chi connectivity index (χ0) is 19.6. The molecule has 7 heteroatoms. The van der Waals surface area contributed by atoms with Crippen LogP contribution in [0.25, 0.3) is 11.4 Å². The van der Waals surface area contributed by atoms with Crippen molar-refractivity contribution in [2.75, 3.05) is 13.7 Å². The van der Waals surface area contributed by atoms with Gasteiger partial charge >= 0.3 is 0 Å². The molecule has 0 fully saturated rings. The number of quaternary nitrogens is 1. The molecule has 2 atom stereocenters. The van der Waals surface area contributed by atoms with E-state index in [-0.39, 0.29) is 17.9 Å². The van der Waals surface area contributed by atoms with Crippen LogP contribution >= 0.6 is 0 Å². The van der Waals surface area contributed by atoms with Crippen molar-refractivity contribution >= 4 is 5.91 Å². The molecule has 0 saturated heterocycles. The Bertz CT molecular complexity index is 717. The number of hydrogen-bond donors (Lipinski definition) is 2. The first-order chi connectivity index (χ1) is 13.1. The Kier molecular flexibility index (Phi) is 8.26. The zero-order valence-electron chi connectivity index (χ0n) is 16.5. The molecule has 1 aromatic heterocycles. The van der Waals surface area contributed by atoms with E-state index in [0.29, 0.717) is 18.1 Å². The topological polar surface area (TPSA) is 105 Å². The minimum atomic E-state index is -0.290. The smallest absolute Gasteiger partial charge is 0.249 e. The lowest BCUT2D eigenvalue weighted by Crippen LogP contribution is -2.50. The minimum Gasteiger partial charge on any atom is -0.497 e. The SMILES string of the molecule is CC[C@@H](C)[C@@H](NC(=O)CCCCC[NH3+])c1nc(-c2cccc(OC)c2)no1. The van der Waals surface area contributed by atoms with Crippen LogP contribution in [0.2, 0.25) is 0 Å². The summed E-state index contributed by atoms with van der Waals surface area (Å²) in [5.41, 5.74) is 4.64. The van der Waals surface area contributed by atoms with Gasteiger partial charge in [-0.25, -0.2) is 0 Å². The van der Waals surface area contributed by atoms with Gasteiger partial charge in [-0.1, -0.05) is 37.6 Å². The van der Waals surface area contributed by atoms with Crippen LogP contribution in [0, 0.1) is 5.92 Å². The lowest BCUT2D eigenvalue weighted by Gasteiger charge is -2.20. The summed E-state index contributed by atoms with van der Waals surface area (Å²) in [5, 5.41) is 7.17. The second kappa shape index (κ2) is 10.7. The number of rotatable bonds is 11. The van der Waals surface area contributed by atoms with Gasteiger partial charge in [0.15, 0.2) is 0 Å². The van der Waals surface area contributed by atoms with Crippen LogP contribution in [0.1, 0.15) is 57.9 Å². The summed E-state index contributed by atoms with van der Waals surface area (Å²) in [4.78, 5) is 16.9. The third-order valence-corrected chi connectivity index (χ3v) is 4.72.